The molecule has 1 fully saturated rings. The number of rotatable bonds is 14. The number of nitrogens with zero attached hydrogens (tertiary/aromatic N) is 1. The summed E-state index contributed by atoms with van der Waals surface area (Å²) >= 11 is 0. The number of nitrogens with two attached hydrogens (primary N) is 3. The largest absolute Gasteiger partial charge is 0.508 e. The number of carboxylic acids is 1. The number of carbonyl (C=O) groups is 6. The van der Waals surface area contributed by atoms with Crippen molar-refractivity contribution in [3.63, 3.8) is 0 Å². The van der Waals surface area contributed by atoms with E-state index in [9.17, 15) is 39.0 Å². The van der Waals surface area contributed by atoms with Gasteiger partial charge in [0.1, 0.15) is 23.9 Å². The summed E-state index contributed by atoms with van der Waals surface area (Å²) in [5, 5.41) is 23.9. The van der Waals surface area contributed by atoms with E-state index in [-0.39, 0.29) is 50.8 Å². The number of primary amides is 2. The van der Waals surface area contributed by atoms with Crippen LogP contribution in [0.4, 0.5) is 0 Å². The van der Waals surface area contributed by atoms with Crippen molar-refractivity contribution in [2.45, 2.75) is 69.1 Å². The van der Waals surface area contributed by atoms with Gasteiger partial charge in [-0.1, -0.05) is 12.1 Å². The lowest BCUT2D eigenvalue weighted by atomic mass is 10.0. The zero-order valence-corrected chi connectivity index (χ0v) is 20.8. The van der Waals surface area contributed by atoms with Gasteiger partial charge in [0.15, 0.2) is 0 Å². The Bertz CT molecular complexity index is 1050. The molecule has 4 atom stereocenters. The van der Waals surface area contributed by atoms with E-state index < -0.39 is 59.7 Å². The van der Waals surface area contributed by atoms with Gasteiger partial charge in [0.25, 0.3) is 0 Å². The molecule has 2 rings (SSSR count). The highest BCUT2D eigenvalue weighted by molar-refractivity contribution is 5.95. The molecule has 14 heteroatoms. The second-order valence-corrected chi connectivity index (χ2v) is 9.14. The Morgan fingerprint density at radius 1 is 0.947 bits per heavy atom. The number of carbonyl (C=O) groups excluding carboxylic acids is 5. The predicted molar refractivity (Wildman–Crippen MR) is 133 cm³/mol. The smallest absolute Gasteiger partial charge is 0.326 e. The molecule has 1 aromatic carbocycles. The monoisotopic (exact) mass is 534 g/mol. The van der Waals surface area contributed by atoms with Gasteiger partial charge in [-0.3, -0.25) is 24.0 Å². The molecular weight excluding hydrogens is 500 g/mol. The Kier molecular flexibility index (Phi) is 11.0. The minimum absolute atomic E-state index is 0.00853. The van der Waals surface area contributed by atoms with Crippen LogP contribution in [0.25, 0.3) is 0 Å². The Labute approximate surface area is 218 Å². The van der Waals surface area contributed by atoms with Crippen molar-refractivity contribution in [3.8, 4) is 5.75 Å². The summed E-state index contributed by atoms with van der Waals surface area (Å²) in [5.74, 6) is -4.68. The average Bonchev–Trinajstić information content (AvgIpc) is 3.35. The van der Waals surface area contributed by atoms with Crippen LogP contribution in [0, 0.1) is 0 Å². The molecule has 0 aliphatic carbocycles. The minimum Gasteiger partial charge on any atom is -0.508 e. The molecule has 5 amide bonds. The predicted octanol–water partition coefficient (Wildman–Crippen LogP) is -2.16. The van der Waals surface area contributed by atoms with Crippen LogP contribution >= 0.6 is 0 Å². The van der Waals surface area contributed by atoms with Gasteiger partial charge in [0, 0.05) is 25.8 Å². The van der Waals surface area contributed by atoms with E-state index in [4.69, 9.17) is 17.2 Å². The minimum atomic E-state index is -1.37. The van der Waals surface area contributed by atoms with Crippen LogP contribution in [0.1, 0.15) is 44.1 Å². The molecule has 4 unspecified atom stereocenters. The van der Waals surface area contributed by atoms with Gasteiger partial charge in [0.05, 0.1) is 6.04 Å². The quantitative estimate of drug-likeness (QED) is 0.137. The van der Waals surface area contributed by atoms with Crippen molar-refractivity contribution >= 4 is 35.5 Å². The topological polar surface area (TPSA) is 248 Å². The van der Waals surface area contributed by atoms with Crippen molar-refractivity contribution in [3.05, 3.63) is 29.8 Å². The van der Waals surface area contributed by atoms with Gasteiger partial charge in [-0.05, 0) is 43.4 Å². The highest BCUT2D eigenvalue weighted by Gasteiger charge is 2.39. The number of hydrogen-bond donors (Lipinski definition) is 7. The van der Waals surface area contributed by atoms with E-state index in [2.05, 4.69) is 10.6 Å². The molecule has 0 bridgehead atoms. The van der Waals surface area contributed by atoms with Gasteiger partial charge in [-0.2, -0.15) is 0 Å². The van der Waals surface area contributed by atoms with E-state index in [1.165, 1.54) is 17.0 Å². The summed E-state index contributed by atoms with van der Waals surface area (Å²) in [4.78, 5) is 74.1. The van der Waals surface area contributed by atoms with Crippen molar-refractivity contribution in [1.29, 1.82) is 0 Å². The van der Waals surface area contributed by atoms with Crippen molar-refractivity contribution in [1.82, 2.24) is 15.5 Å². The van der Waals surface area contributed by atoms with Crippen LogP contribution in [0.5, 0.6) is 5.75 Å². The van der Waals surface area contributed by atoms with Crippen LogP contribution in [0.3, 0.4) is 0 Å². The van der Waals surface area contributed by atoms with Crippen LogP contribution in [0.15, 0.2) is 24.3 Å². The summed E-state index contributed by atoms with van der Waals surface area (Å²) in [6, 6.07) is 1.34. The molecule has 1 saturated heterocycles. The normalized spacial score (nSPS) is 17.2. The number of nitrogens with one attached hydrogen (secondary N) is 2. The molecule has 1 heterocycles. The zero-order chi connectivity index (χ0) is 28.4. The van der Waals surface area contributed by atoms with E-state index in [0.717, 1.165) is 0 Å². The number of aliphatic carboxylic acids is 1. The molecule has 1 aromatic rings. The van der Waals surface area contributed by atoms with Gasteiger partial charge >= 0.3 is 5.97 Å². The van der Waals surface area contributed by atoms with Gasteiger partial charge < -0.3 is 42.9 Å². The van der Waals surface area contributed by atoms with E-state index in [1.54, 1.807) is 12.1 Å². The number of aromatic hydroxyl groups is 1. The molecule has 0 radical (unpaired) electrons. The Morgan fingerprint density at radius 2 is 1.55 bits per heavy atom. The Hall–Kier alpha value is -4.20. The van der Waals surface area contributed by atoms with Gasteiger partial charge in [0.2, 0.25) is 29.5 Å². The fourth-order valence-electron chi connectivity index (χ4n) is 4.09. The summed E-state index contributed by atoms with van der Waals surface area (Å²) in [6.45, 7) is 0.186. The number of hydrogen-bond acceptors (Lipinski definition) is 8. The summed E-state index contributed by atoms with van der Waals surface area (Å²) in [7, 11) is 0. The zero-order valence-electron chi connectivity index (χ0n) is 20.8. The van der Waals surface area contributed by atoms with E-state index in [1.807, 2.05) is 0 Å². The number of phenolic OH excluding ortho intramolecular Hbond substituents is 1. The summed E-state index contributed by atoms with van der Waals surface area (Å²) < 4.78 is 0. The fraction of sp³-hybridized carbons (Fsp3) is 0.500. The SMILES string of the molecule is NC(=O)CCC(N)C(=O)NC(Cc1ccc(O)cc1)C(=O)N1CCCC1C(=O)NC(CCC(N)=O)C(=O)O. The molecule has 14 nitrogen and oxygen atoms in total. The first kappa shape index (κ1) is 30.0. The third-order valence-electron chi connectivity index (χ3n) is 6.16. The maximum Gasteiger partial charge on any atom is 0.326 e. The number of likely N-dealkylation sites (tertiary alicyclic amines) is 1. The van der Waals surface area contributed by atoms with Crippen LogP contribution in [-0.4, -0.2) is 81.3 Å². The fourth-order valence-corrected chi connectivity index (χ4v) is 4.09. The Balaban J connectivity index is 2.20. The number of amides is 5. The highest BCUT2D eigenvalue weighted by atomic mass is 16.4. The molecular formula is C24H34N6O8. The molecule has 1 aliphatic heterocycles. The van der Waals surface area contributed by atoms with Gasteiger partial charge in [-0.25, -0.2) is 4.79 Å². The lowest BCUT2D eigenvalue weighted by Gasteiger charge is -2.30. The van der Waals surface area contributed by atoms with Crippen LogP contribution in [0.2, 0.25) is 0 Å². The lowest BCUT2D eigenvalue weighted by Crippen LogP contribution is -2.57. The van der Waals surface area contributed by atoms with Crippen molar-refractivity contribution in [2.24, 2.45) is 17.2 Å². The van der Waals surface area contributed by atoms with E-state index in [0.29, 0.717) is 12.0 Å². The molecule has 1 aliphatic rings. The van der Waals surface area contributed by atoms with E-state index >= 15 is 0 Å². The molecule has 38 heavy (non-hydrogen) atoms. The lowest BCUT2D eigenvalue weighted by molar-refractivity contribution is -0.145. The summed E-state index contributed by atoms with van der Waals surface area (Å²) in [6.07, 6.45) is 0.117. The van der Waals surface area contributed by atoms with Crippen molar-refractivity contribution in [2.75, 3.05) is 6.54 Å². The maximum absolute atomic E-state index is 13.6. The molecule has 208 valence electrons. The summed E-state index contributed by atoms with van der Waals surface area (Å²) in [5.41, 5.74) is 16.7. The first-order valence-electron chi connectivity index (χ1n) is 12.1. The molecule has 10 N–H and O–H groups in total. The van der Waals surface area contributed by atoms with Crippen LogP contribution in [-0.2, 0) is 35.2 Å². The second kappa shape index (κ2) is 13.9. The third kappa shape index (κ3) is 9.03. The third-order valence-corrected chi connectivity index (χ3v) is 6.16. The standard InChI is InChI=1S/C24H34N6O8/c25-15(7-9-19(26)32)21(34)29-17(12-13-3-5-14(31)6-4-13)23(36)30-11-1-2-18(30)22(35)28-16(24(37)38)8-10-20(27)33/h3-6,15-18,31H,1-2,7-12,25H2,(H2,26,32)(H2,27,33)(H,28,35)(H,29,34)(H,37,38). The molecule has 0 saturated carbocycles. The van der Waals surface area contributed by atoms with Crippen LogP contribution < -0.4 is 27.8 Å². The first-order chi connectivity index (χ1) is 17.9. The first-order valence-corrected chi connectivity index (χ1v) is 12.1. The highest BCUT2D eigenvalue weighted by Crippen LogP contribution is 2.21. The number of benzene rings is 1. The average molecular weight is 535 g/mol. The molecule has 0 spiro atoms. The number of carboxylic acid groups (broad SMARTS) is 1. The molecule has 0 aromatic heterocycles. The van der Waals surface area contributed by atoms with Gasteiger partial charge in [-0.15, -0.1) is 0 Å². The Morgan fingerprint density at radius 3 is 2.13 bits per heavy atom. The second-order valence-electron chi connectivity index (χ2n) is 9.14. The number of phenols is 1. The van der Waals surface area contributed by atoms with Crippen molar-refractivity contribution < 1.29 is 39.0 Å². The maximum atomic E-state index is 13.6.